The molecule has 0 saturated carbocycles. The van der Waals surface area contributed by atoms with Crippen LogP contribution in [0.4, 0.5) is 0 Å². The van der Waals surface area contributed by atoms with Gasteiger partial charge in [-0.05, 0) is 0 Å². The second-order valence-corrected chi connectivity index (χ2v) is 1.32. The second kappa shape index (κ2) is 16.3. The van der Waals surface area contributed by atoms with Gasteiger partial charge in [-0.25, -0.2) is 0 Å². The quantitative estimate of drug-likeness (QED) is 0.394. The van der Waals surface area contributed by atoms with Gasteiger partial charge in [0.05, 0.1) is 0 Å². The van der Waals surface area contributed by atoms with E-state index in [1.165, 1.54) is 19.3 Å². The summed E-state index contributed by atoms with van der Waals surface area (Å²) >= 11 is 1.49. The number of hydrogen-bond donors (Lipinski definition) is 0. The van der Waals surface area contributed by atoms with Crippen LogP contribution in [0.3, 0.4) is 0 Å². The van der Waals surface area contributed by atoms with Crippen LogP contribution in [0.5, 0.6) is 0 Å². The number of hydrogen-bond acceptors (Lipinski definition) is 1. The van der Waals surface area contributed by atoms with Crippen LogP contribution < -0.4 is 0 Å². The maximum absolute atomic E-state index is 8.91. The van der Waals surface area contributed by atoms with E-state index in [0.29, 0.717) is 0 Å². The van der Waals surface area contributed by atoms with Gasteiger partial charge in [0.1, 0.15) is 0 Å². The molecule has 0 amide bonds. The van der Waals surface area contributed by atoms with Crippen molar-refractivity contribution in [2.45, 2.75) is 0 Å². The zero-order chi connectivity index (χ0) is 2.71. The topological polar surface area (TPSA) is 17.1 Å². The first kappa shape index (κ1) is 15.7. The molecular formula is H3BiMoOPV. The maximum Gasteiger partial charge on any atom is 0 e. The first-order valence-corrected chi connectivity index (χ1v) is 3.79. The zero-order valence-corrected chi connectivity index (χ0v) is 12.2. The van der Waals surface area contributed by atoms with Gasteiger partial charge in [0.25, 0.3) is 0 Å². The first-order valence-electron chi connectivity index (χ1n) is 0.365. The minimum Gasteiger partial charge on any atom is 0 e. The Bertz CT molecular complexity index is 19.1. The molecule has 5 heteroatoms. The van der Waals surface area contributed by atoms with E-state index >= 15 is 0 Å². The maximum atomic E-state index is 8.91. The van der Waals surface area contributed by atoms with Gasteiger partial charge in [-0.1, -0.05) is 0 Å². The molecule has 0 heterocycles. The van der Waals surface area contributed by atoms with E-state index < -0.39 is 0 Å². The van der Waals surface area contributed by atoms with Gasteiger partial charge in [-0.15, -0.1) is 0 Å². The van der Waals surface area contributed by atoms with E-state index in [4.69, 9.17) is 4.57 Å². The van der Waals surface area contributed by atoms with Crippen molar-refractivity contribution in [1.29, 1.82) is 0 Å². The molecule has 0 aromatic heterocycles. The third-order valence-corrected chi connectivity index (χ3v) is 0. The van der Waals surface area contributed by atoms with E-state index in [-0.39, 0.29) is 51.3 Å². The second-order valence-electron chi connectivity index (χ2n) is 0.0745. The average Bonchev–Trinajstić information content (AvgIpc) is 0.918. The SMILES string of the molecule is O=[P][Mo].[BiH3].[V]. The first-order chi connectivity index (χ1) is 1.41. The van der Waals surface area contributed by atoms with Gasteiger partial charge in [-0.3, -0.25) is 0 Å². The monoisotopic (exact) mass is 408 g/mol. The van der Waals surface area contributed by atoms with Crippen molar-refractivity contribution < 1.29 is 42.4 Å². The smallest absolute Gasteiger partial charge is 0 e. The molecule has 0 rings (SSSR count). The fourth-order valence-corrected chi connectivity index (χ4v) is 0. The zero-order valence-electron chi connectivity index (χ0n) is 2.42. The van der Waals surface area contributed by atoms with Gasteiger partial charge >= 0.3 is 56.6 Å². The molecule has 0 fully saturated rings. The fraction of sp³-hybridized carbons (Fsp3) is 0. The van der Waals surface area contributed by atoms with Crippen LogP contribution in [0.2, 0.25) is 0 Å². The molecule has 0 aromatic carbocycles. The minimum atomic E-state index is 0. The summed E-state index contributed by atoms with van der Waals surface area (Å²) in [5.41, 5.74) is 0. The van der Waals surface area contributed by atoms with Gasteiger partial charge in [0.15, 0.2) is 0 Å². The molecule has 0 spiro atoms. The predicted molar refractivity (Wildman–Crippen MR) is 17.5 cm³/mol. The van der Waals surface area contributed by atoms with Crippen LogP contribution in [0.25, 0.3) is 0 Å². The van der Waals surface area contributed by atoms with E-state index in [1.807, 2.05) is 0 Å². The Kier molecular flexibility index (Phi) is 51.1. The molecule has 0 saturated heterocycles. The van der Waals surface area contributed by atoms with E-state index in [0.717, 1.165) is 0 Å². The molecule has 0 unspecified atom stereocenters. The van der Waals surface area contributed by atoms with Crippen LogP contribution in [0.1, 0.15) is 0 Å². The van der Waals surface area contributed by atoms with Crippen molar-refractivity contribution in [2.75, 3.05) is 0 Å². The fourth-order valence-electron chi connectivity index (χ4n) is 0. The van der Waals surface area contributed by atoms with Gasteiger partial charge in [0, 0.05) is 18.6 Å². The van der Waals surface area contributed by atoms with Crippen molar-refractivity contribution in [3.8, 4) is 0 Å². The van der Waals surface area contributed by atoms with E-state index in [1.54, 1.807) is 0 Å². The molecule has 0 aliphatic heterocycles. The normalized spacial score (nSPS) is 4.00. The van der Waals surface area contributed by atoms with Crippen LogP contribution in [0, 0.1) is 0 Å². The van der Waals surface area contributed by atoms with E-state index in [2.05, 4.69) is 0 Å². The summed E-state index contributed by atoms with van der Waals surface area (Å²) in [6.45, 7) is 0.177. The molecule has 0 N–H and O–H groups in total. The Morgan fingerprint density at radius 1 is 1.60 bits per heavy atom. The van der Waals surface area contributed by atoms with Gasteiger partial charge in [-0.2, -0.15) is 0 Å². The molecule has 5 heavy (non-hydrogen) atoms. The standard InChI is InChI=1S/Bi.Mo.OP.V.3H/c;;1-2;;;;/q;+1;-1;;;;. The Labute approximate surface area is 74.2 Å². The summed E-state index contributed by atoms with van der Waals surface area (Å²) < 4.78 is 8.91. The summed E-state index contributed by atoms with van der Waals surface area (Å²) in [6, 6.07) is 0. The van der Waals surface area contributed by atoms with Crippen molar-refractivity contribution in [3.63, 3.8) is 0 Å². The summed E-state index contributed by atoms with van der Waals surface area (Å²) in [4.78, 5) is 0. The van der Waals surface area contributed by atoms with Gasteiger partial charge in [0.2, 0.25) is 0 Å². The summed E-state index contributed by atoms with van der Waals surface area (Å²) in [5.74, 6) is 0. The van der Waals surface area contributed by atoms with Crippen LogP contribution in [-0.2, 0) is 42.4 Å². The summed E-state index contributed by atoms with van der Waals surface area (Å²) in [5, 5.41) is 0. The number of rotatable bonds is 0. The van der Waals surface area contributed by atoms with Gasteiger partial charge < -0.3 is 0 Å². The minimum absolute atomic E-state index is 0. The predicted octanol–water partition coefficient (Wildman–Crippen LogP) is -0.447. The van der Waals surface area contributed by atoms with Crippen molar-refractivity contribution in [1.82, 2.24) is 0 Å². The Morgan fingerprint density at radius 3 is 1.60 bits per heavy atom. The van der Waals surface area contributed by atoms with Crippen molar-refractivity contribution in [2.24, 2.45) is 0 Å². The molecule has 0 atom stereocenters. The van der Waals surface area contributed by atoms with Crippen molar-refractivity contribution >= 4 is 32.8 Å². The molecule has 0 aliphatic carbocycles. The Hall–Kier alpha value is 2.26. The molecular weight excluding hydrogens is 403 g/mol. The largest absolute Gasteiger partial charge is 0 e. The molecule has 0 aliphatic rings. The molecule has 1 nitrogen and oxygen atoms in total. The summed E-state index contributed by atoms with van der Waals surface area (Å²) in [6.07, 6.45) is 0. The van der Waals surface area contributed by atoms with Crippen molar-refractivity contribution in [3.05, 3.63) is 0 Å². The molecule has 0 aromatic rings. The molecule has 0 bridgehead atoms. The molecule has 30 valence electrons. The summed E-state index contributed by atoms with van der Waals surface area (Å²) in [7, 11) is 0. The van der Waals surface area contributed by atoms with Crippen LogP contribution >= 0.6 is 6.55 Å². The van der Waals surface area contributed by atoms with E-state index in [9.17, 15) is 0 Å². The third-order valence-electron chi connectivity index (χ3n) is 0. The Morgan fingerprint density at radius 2 is 1.60 bits per heavy atom. The molecule has 1 radical (unpaired) electrons. The average molecular weight is 406 g/mol. The third kappa shape index (κ3) is 22.3. The Balaban J connectivity index is -0.0000000200. The van der Waals surface area contributed by atoms with Crippen LogP contribution in [0.15, 0.2) is 0 Å². The van der Waals surface area contributed by atoms with Crippen LogP contribution in [-0.4, -0.2) is 26.2 Å².